The summed E-state index contributed by atoms with van der Waals surface area (Å²) in [6.07, 6.45) is -1.15. The van der Waals surface area contributed by atoms with Crippen molar-refractivity contribution < 1.29 is 24.1 Å². The highest BCUT2D eigenvalue weighted by molar-refractivity contribution is 5.67. The number of carbonyl (C=O) groups excluding carboxylic acids is 1. The second kappa shape index (κ2) is 7.60. The lowest BCUT2D eigenvalue weighted by molar-refractivity contribution is 0.0211. The maximum absolute atomic E-state index is 11.4. The monoisotopic (exact) mass is 269 g/mol. The topological polar surface area (TPSA) is 77.0 Å². The summed E-state index contributed by atoms with van der Waals surface area (Å²) in [6.45, 7) is -0.225. The molecule has 0 aliphatic rings. The number of carbonyl (C=O) groups is 1. The molecular weight excluding hydrogens is 250 g/mol. The first kappa shape index (κ1) is 15.3. The molecule has 0 spiro atoms. The van der Waals surface area contributed by atoms with E-state index in [0.717, 1.165) is 5.56 Å². The van der Waals surface area contributed by atoms with Gasteiger partial charge >= 0.3 is 6.09 Å². The highest BCUT2D eigenvalue weighted by atomic mass is 16.5. The summed E-state index contributed by atoms with van der Waals surface area (Å²) in [5.41, 5.74) is 0.784. The number of aliphatic hydroxyl groups excluding tert-OH is 1. The maximum atomic E-state index is 11.4. The second-order valence-corrected chi connectivity index (χ2v) is 3.84. The standard InChI is InChI=1S/C13H19NO5/c1-17-10-6-4-9(5-7-10)12(11(8-15)18-2)14-13(16)19-3/h4-7,11-12,15H,8H2,1-3H3,(H,14,16)/t11-,12+/m0/s1. The Morgan fingerprint density at radius 3 is 2.32 bits per heavy atom. The van der Waals surface area contributed by atoms with Gasteiger partial charge in [-0.15, -0.1) is 0 Å². The molecule has 0 saturated carbocycles. The molecule has 0 saturated heterocycles. The molecule has 0 fully saturated rings. The summed E-state index contributed by atoms with van der Waals surface area (Å²) in [6, 6.07) is 6.62. The van der Waals surface area contributed by atoms with Crippen molar-refractivity contribution in [3.05, 3.63) is 29.8 Å². The largest absolute Gasteiger partial charge is 0.497 e. The van der Waals surface area contributed by atoms with E-state index in [1.54, 1.807) is 31.4 Å². The van der Waals surface area contributed by atoms with Crippen LogP contribution in [0.15, 0.2) is 24.3 Å². The molecule has 0 radical (unpaired) electrons. The minimum Gasteiger partial charge on any atom is -0.497 e. The number of hydrogen-bond acceptors (Lipinski definition) is 5. The lowest BCUT2D eigenvalue weighted by atomic mass is 10.0. The molecule has 2 atom stereocenters. The zero-order chi connectivity index (χ0) is 14.3. The Labute approximate surface area is 112 Å². The number of aliphatic hydroxyl groups is 1. The molecule has 1 rings (SSSR count). The van der Waals surface area contributed by atoms with Gasteiger partial charge in [-0.2, -0.15) is 0 Å². The third-order valence-electron chi connectivity index (χ3n) is 2.79. The van der Waals surface area contributed by atoms with Gasteiger partial charge in [-0.3, -0.25) is 0 Å². The average Bonchev–Trinajstić information content (AvgIpc) is 2.47. The van der Waals surface area contributed by atoms with Gasteiger partial charge in [0.25, 0.3) is 0 Å². The molecule has 0 bridgehead atoms. The smallest absolute Gasteiger partial charge is 0.407 e. The van der Waals surface area contributed by atoms with Crippen LogP contribution in [0.5, 0.6) is 5.75 Å². The van der Waals surface area contributed by atoms with Gasteiger partial charge in [0.2, 0.25) is 0 Å². The van der Waals surface area contributed by atoms with Gasteiger partial charge < -0.3 is 24.6 Å². The van der Waals surface area contributed by atoms with Gasteiger partial charge in [-0.05, 0) is 17.7 Å². The van der Waals surface area contributed by atoms with E-state index in [4.69, 9.17) is 9.47 Å². The highest BCUT2D eigenvalue weighted by Crippen LogP contribution is 2.22. The highest BCUT2D eigenvalue weighted by Gasteiger charge is 2.24. The maximum Gasteiger partial charge on any atom is 0.407 e. The van der Waals surface area contributed by atoms with Crippen LogP contribution in [0.2, 0.25) is 0 Å². The Kier molecular flexibility index (Phi) is 6.11. The Morgan fingerprint density at radius 1 is 1.26 bits per heavy atom. The Morgan fingerprint density at radius 2 is 1.89 bits per heavy atom. The normalized spacial score (nSPS) is 13.5. The summed E-state index contributed by atoms with van der Waals surface area (Å²) < 4.78 is 14.8. The van der Waals surface area contributed by atoms with Crippen molar-refractivity contribution in [3.8, 4) is 5.75 Å². The Bertz CT molecular complexity index is 389. The number of amides is 1. The van der Waals surface area contributed by atoms with Crippen molar-refractivity contribution in [3.63, 3.8) is 0 Å². The van der Waals surface area contributed by atoms with E-state index in [-0.39, 0.29) is 6.61 Å². The molecule has 6 nitrogen and oxygen atoms in total. The molecule has 1 amide bonds. The van der Waals surface area contributed by atoms with Crippen molar-refractivity contribution in [1.82, 2.24) is 5.32 Å². The predicted octanol–water partition coefficient (Wildman–Crippen LogP) is 1.10. The molecule has 0 aliphatic carbocycles. The number of hydrogen-bond donors (Lipinski definition) is 2. The fourth-order valence-corrected chi connectivity index (χ4v) is 1.70. The van der Waals surface area contributed by atoms with Crippen molar-refractivity contribution in [1.29, 1.82) is 0 Å². The first-order chi connectivity index (χ1) is 9.15. The SMILES string of the molecule is COC(=O)N[C@H](c1ccc(OC)cc1)[C@H](CO)OC. The van der Waals surface area contributed by atoms with Gasteiger partial charge in [0.15, 0.2) is 0 Å². The van der Waals surface area contributed by atoms with Gasteiger partial charge in [0, 0.05) is 7.11 Å². The Hall–Kier alpha value is -1.79. The summed E-state index contributed by atoms with van der Waals surface area (Å²) in [7, 11) is 4.32. The summed E-state index contributed by atoms with van der Waals surface area (Å²) >= 11 is 0. The third-order valence-corrected chi connectivity index (χ3v) is 2.79. The fraction of sp³-hybridized carbons (Fsp3) is 0.462. The lowest BCUT2D eigenvalue weighted by Gasteiger charge is -2.25. The summed E-state index contributed by atoms with van der Waals surface area (Å²) in [5, 5.41) is 11.9. The predicted molar refractivity (Wildman–Crippen MR) is 69.2 cm³/mol. The van der Waals surface area contributed by atoms with Gasteiger partial charge in [-0.1, -0.05) is 12.1 Å². The number of ether oxygens (including phenoxy) is 3. The van der Waals surface area contributed by atoms with Crippen LogP contribution in [-0.4, -0.2) is 45.2 Å². The molecule has 19 heavy (non-hydrogen) atoms. The molecule has 0 heterocycles. The number of nitrogens with one attached hydrogen (secondary N) is 1. The quantitative estimate of drug-likeness (QED) is 0.808. The second-order valence-electron chi connectivity index (χ2n) is 3.84. The molecule has 106 valence electrons. The van der Waals surface area contributed by atoms with E-state index < -0.39 is 18.2 Å². The first-order valence-electron chi connectivity index (χ1n) is 5.78. The zero-order valence-electron chi connectivity index (χ0n) is 11.3. The van der Waals surface area contributed by atoms with E-state index >= 15 is 0 Å². The molecular formula is C13H19NO5. The van der Waals surface area contributed by atoms with Crippen LogP contribution >= 0.6 is 0 Å². The minimum atomic E-state index is -0.587. The molecule has 0 unspecified atom stereocenters. The van der Waals surface area contributed by atoms with E-state index in [0.29, 0.717) is 5.75 Å². The first-order valence-corrected chi connectivity index (χ1v) is 5.78. The summed E-state index contributed by atoms with van der Waals surface area (Å²) in [4.78, 5) is 11.4. The number of methoxy groups -OCH3 is 3. The number of rotatable bonds is 6. The molecule has 0 aliphatic heterocycles. The van der Waals surface area contributed by atoms with E-state index in [2.05, 4.69) is 10.1 Å². The zero-order valence-corrected chi connectivity index (χ0v) is 11.3. The van der Waals surface area contributed by atoms with Crippen LogP contribution in [0.25, 0.3) is 0 Å². The van der Waals surface area contributed by atoms with Crippen LogP contribution in [0.4, 0.5) is 4.79 Å². The molecule has 0 aromatic heterocycles. The van der Waals surface area contributed by atoms with E-state index in [1.165, 1.54) is 14.2 Å². The van der Waals surface area contributed by atoms with Crippen molar-refractivity contribution in [2.45, 2.75) is 12.1 Å². The molecule has 2 N–H and O–H groups in total. The molecule has 6 heteroatoms. The van der Waals surface area contributed by atoms with Crippen molar-refractivity contribution in [2.24, 2.45) is 0 Å². The van der Waals surface area contributed by atoms with Crippen molar-refractivity contribution >= 4 is 6.09 Å². The van der Waals surface area contributed by atoms with Crippen LogP contribution in [0.1, 0.15) is 11.6 Å². The van der Waals surface area contributed by atoms with E-state index in [9.17, 15) is 9.90 Å². The van der Waals surface area contributed by atoms with Crippen molar-refractivity contribution in [2.75, 3.05) is 27.9 Å². The molecule has 1 aromatic carbocycles. The van der Waals surface area contributed by atoms with Crippen LogP contribution < -0.4 is 10.1 Å². The third kappa shape index (κ3) is 4.11. The van der Waals surface area contributed by atoms with Crippen LogP contribution in [0, 0.1) is 0 Å². The Balaban J connectivity index is 2.96. The van der Waals surface area contributed by atoms with Gasteiger partial charge in [-0.25, -0.2) is 4.79 Å². The van der Waals surface area contributed by atoms with Gasteiger partial charge in [0.05, 0.1) is 26.9 Å². The fourth-order valence-electron chi connectivity index (χ4n) is 1.70. The molecule has 1 aromatic rings. The van der Waals surface area contributed by atoms with E-state index in [1.807, 2.05) is 0 Å². The summed E-state index contributed by atoms with van der Waals surface area (Å²) in [5.74, 6) is 0.707. The van der Waals surface area contributed by atoms with Crippen LogP contribution in [0.3, 0.4) is 0 Å². The number of benzene rings is 1. The van der Waals surface area contributed by atoms with Gasteiger partial charge in [0.1, 0.15) is 11.9 Å². The average molecular weight is 269 g/mol. The lowest BCUT2D eigenvalue weighted by Crippen LogP contribution is -2.39. The van der Waals surface area contributed by atoms with Crippen LogP contribution in [-0.2, 0) is 9.47 Å². The minimum absolute atomic E-state index is 0.225. The number of alkyl carbamates (subject to hydrolysis) is 1.